The zero-order valence-corrected chi connectivity index (χ0v) is 9.50. The minimum absolute atomic E-state index is 0.0587. The average Bonchev–Trinajstić information content (AvgIpc) is 2.34. The summed E-state index contributed by atoms with van der Waals surface area (Å²) in [5.41, 5.74) is 5.73. The molecule has 5 heteroatoms. The molecule has 0 aromatic heterocycles. The number of anilines is 1. The number of halogens is 1. The monoisotopic (exact) mass is 237 g/mol. The van der Waals surface area contributed by atoms with E-state index < -0.39 is 5.82 Å². The zero-order valence-electron chi connectivity index (χ0n) is 9.50. The molecule has 1 saturated heterocycles. The second-order valence-corrected chi connectivity index (χ2v) is 4.23. The highest BCUT2D eigenvalue weighted by atomic mass is 19.1. The molecule has 0 radical (unpaired) electrons. The number of carbonyl (C=O) groups is 1. The Bertz CT molecular complexity index is 416. The summed E-state index contributed by atoms with van der Waals surface area (Å²) in [5, 5.41) is 6.11. The number of amides is 1. The smallest absolute Gasteiger partial charge is 0.251 e. The van der Waals surface area contributed by atoms with Crippen LogP contribution in [0.5, 0.6) is 0 Å². The third-order valence-corrected chi connectivity index (χ3v) is 2.94. The Morgan fingerprint density at radius 2 is 2.12 bits per heavy atom. The summed E-state index contributed by atoms with van der Waals surface area (Å²) in [7, 11) is 0. The highest BCUT2D eigenvalue weighted by Crippen LogP contribution is 2.12. The Hall–Kier alpha value is -1.62. The Morgan fingerprint density at radius 1 is 1.41 bits per heavy atom. The molecule has 1 aromatic rings. The van der Waals surface area contributed by atoms with Crippen LogP contribution in [-0.2, 0) is 0 Å². The largest absolute Gasteiger partial charge is 0.396 e. The van der Waals surface area contributed by atoms with Gasteiger partial charge < -0.3 is 16.4 Å². The standard InChI is InChI=1S/C12H16FN3O/c13-10-7-8(1-2-11(10)14)12(17)16-9-3-5-15-6-4-9/h1-2,7,9,15H,3-6,14H2,(H,16,17). The second-order valence-electron chi connectivity index (χ2n) is 4.23. The fourth-order valence-corrected chi connectivity index (χ4v) is 1.90. The third-order valence-electron chi connectivity index (χ3n) is 2.94. The van der Waals surface area contributed by atoms with Gasteiger partial charge in [-0.3, -0.25) is 4.79 Å². The minimum atomic E-state index is -0.553. The van der Waals surface area contributed by atoms with Gasteiger partial charge in [0.2, 0.25) is 0 Å². The lowest BCUT2D eigenvalue weighted by Gasteiger charge is -2.23. The maximum absolute atomic E-state index is 13.2. The van der Waals surface area contributed by atoms with Gasteiger partial charge in [0.1, 0.15) is 5.82 Å². The average molecular weight is 237 g/mol. The van der Waals surface area contributed by atoms with Crippen molar-refractivity contribution in [1.29, 1.82) is 0 Å². The van der Waals surface area contributed by atoms with Gasteiger partial charge in [-0.25, -0.2) is 4.39 Å². The van der Waals surface area contributed by atoms with Gasteiger partial charge in [-0.05, 0) is 44.1 Å². The number of nitrogens with two attached hydrogens (primary N) is 1. The highest BCUT2D eigenvalue weighted by molar-refractivity contribution is 5.94. The molecule has 4 nitrogen and oxygen atoms in total. The molecular weight excluding hydrogens is 221 g/mol. The molecule has 0 saturated carbocycles. The summed E-state index contributed by atoms with van der Waals surface area (Å²) in [5.74, 6) is -0.793. The van der Waals surface area contributed by atoms with Gasteiger partial charge in [-0.1, -0.05) is 0 Å². The molecule has 1 fully saturated rings. The summed E-state index contributed by atoms with van der Waals surface area (Å²) < 4.78 is 13.2. The first-order chi connectivity index (χ1) is 8.16. The minimum Gasteiger partial charge on any atom is -0.396 e. The van der Waals surface area contributed by atoms with Crippen molar-refractivity contribution in [3.8, 4) is 0 Å². The van der Waals surface area contributed by atoms with Crippen molar-refractivity contribution in [2.75, 3.05) is 18.8 Å². The van der Waals surface area contributed by atoms with Crippen molar-refractivity contribution in [2.24, 2.45) is 0 Å². The SMILES string of the molecule is Nc1ccc(C(=O)NC2CCNCC2)cc1F. The molecule has 0 spiro atoms. The van der Waals surface area contributed by atoms with E-state index in [1.807, 2.05) is 0 Å². The number of nitrogens with one attached hydrogen (secondary N) is 2. The maximum atomic E-state index is 13.2. The van der Waals surface area contributed by atoms with Gasteiger partial charge in [-0.2, -0.15) is 0 Å². The number of hydrogen-bond donors (Lipinski definition) is 3. The summed E-state index contributed by atoms with van der Waals surface area (Å²) in [6.07, 6.45) is 1.81. The van der Waals surface area contributed by atoms with Crippen LogP contribution in [0.3, 0.4) is 0 Å². The predicted octanol–water partition coefficient (Wildman–Crippen LogP) is 0.890. The van der Waals surface area contributed by atoms with E-state index in [0.717, 1.165) is 25.9 Å². The van der Waals surface area contributed by atoms with Crippen LogP contribution in [0.1, 0.15) is 23.2 Å². The third kappa shape index (κ3) is 2.94. The van der Waals surface area contributed by atoms with Crippen LogP contribution in [-0.4, -0.2) is 25.0 Å². The molecule has 0 aliphatic carbocycles. The normalized spacial score (nSPS) is 16.8. The van der Waals surface area contributed by atoms with Gasteiger partial charge in [0.15, 0.2) is 0 Å². The van der Waals surface area contributed by atoms with Crippen LogP contribution in [0, 0.1) is 5.82 Å². The first-order valence-electron chi connectivity index (χ1n) is 5.73. The van der Waals surface area contributed by atoms with Crippen molar-refractivity contribution in [3.63, 3.8) is 0 Å². The molecule has 2 rings (SSSR count). The van der Waals surface area contributed by atoms with Crippen molar-refractivity contribution in [1.82, 2.24) is 10.6 Å². The van der Waals surface area contributed by atoms with E-state index in [-0.39, 0.29) is 17.6 Å². The lowest BCUT2D eigenvalue weighted by atomic mass is 10.1. The number of benzene rings is 1. The molecule has 92 valence electrons. The second kappa shape index (κ2) is 5.14. The topological polar surface area (TPSA) is 67.2 Å². The van der Waals surface area contributed by atoms with E-state index >= 15 is 0 Å². The Labute approximate surface area is 99.4 Å². The molecule has 1 amide bonds. The van der Waals surface area contributed by atoms with Gasteiger partial charge in [0.05, 0.1) is 5.69 Å². The maximum Gasteiger partial charge on any atom is 0.251 e. The number of rotatable bonds is 2. The van der Waals surface area contributed by atoms with E-state index in [1.54, 1.807) is 0 Å². The van der Waals surface area contributed by atoms with Crippen LogP contribution >= 0.6 is 0 Å². The Balaban J connectivity index is 2.01. The van der Waals surface area contributed by atoms with Crippen LogP contribution in [0.25, 0.3) is 0 Å². The summed E-state index contributed by atoms with van der Waals surface area (Å²) in [6, 6.07) is 4.29. The Morgan fingerprint density at radius 3 is 2.76 bits per heavy atom. The fourth-order valence-electron chi connectivity index (χ4n) is 1.90. The fraction of sp³-hybridized carbons (Fsp3) is 0.417. The predicted molar refractivity (Wildman–Crippen MR) is 64.2 cm³/mol. The molecule has 1 aliphatic heterocycles. The van der Waals surface area contributed by atoms with Crippen LogP contribution in [0.15, 0.2) is 18.2 Å². The molecule has 17 heavy (non-hydrogen) atoms. The lowest BCUT2D eigenvalue weighted by molar-refractivity contribution is 0.0929. The molecule has 0 atom stereocenters. The van der Waals surface area contributed by atoms with Crippen molar-refractivity contribution in [3.05, 3.63) is 29.6 Å². The van der Waals surface area contributed by atoms with E-state index in [9.17, 15) is 9.18 Å². The molecule has 4 N–H and O–H groups in total. The van der Waals surface area contributed by atoms with E-state index in [4.69, 9.17) is 5.73 Å². The molecule has 1 aliphatic rings. The first-order valence-corrected chi connectivity index (χ1v) is 5.73. The van der Waals surface area contributed by atoms with Crippen molar-refractivity contribution < 1.29 is 9.18 Å². The molecule has 1 heterocycles. The summed E-state index contributed by atoms with van der Waals surface area (Å²) in [6.45, 7) is 1.81. The Kier molecular flexibility index (Phi) is 3.58. The molecular formula is C12H16FN3O. The van der Waals surface area contributed by atoms with Gasteiger partial charge in [0.25, 0.3) is 5.91 Å². The van der Waals surface area contributed by atoms with Crippen LogP contribution in [0.2, 0.25) is 0 Å². The summed E-state index contributed by atoms with van der Waals surface area (Å²) >= 11 is 0. The van der Waals surface area contributed by atoms with Gasteiger partial charge in [0, 0.05) is 11.6 Å². The van der Waals surface area contributed by atoms with Crippen molar-refractivity contribution in [2.45, 2.75) is 18.9 Å². The molecule has 0 unspecified atom stereocenters. The summed E-state index contributed by atoms with van der Waals surface area (Å²) in [4.78, 5) is 11.8. The number of hydrogen-bond acceptors (Lipinski definition) is 3. The van der Waals surface area contributed by atoms with E-state index in [0.29, 0.717) is 5.56 Å². The molecule has 1 aromatic carbocycles. The lowest BCUT2D eigenvalue weighted by Crippen LogP contribution is -2.42. The van der Waals surface area contributed by atoms with Crippen LogP contribution in [0.4, 0.5) is 10.1 Å². The van der Waals surface area contributed by atoms with Crippen LogP contribution < -0.4 is 16.4 Å². The quantitative estimate of drug-likeness (QED) is 0.669. The molecule has 0 bridgehead atoms. The number of nitrogen functional groups attached to an aromatic ring is 1. The van der Waals surface area contributed by atoms with Gasteiger partial charge in [-0.15, -0.1) is 0 Å². The highest BCUT2D eigenvalue weighted by Gasteiger charge is 2.16. The van der Waals surface area contributed by atoms with E-state index in [2.05, 4.69) is 10.6 Å². The zero-order chi connectivity index (χ0) is 12.3. The van der Waals surface area contributed by atoms with Gasteiger partial charge >= 0.3 is 0 Å². The van der Waals surface area contributed by atoms with Crippen molar-refractivity contribution >= 4 is 11.6 Å². The first kappa shape index (κ1) is 11.9. The van der Waals surface area contributed by atoms with E-state index in [1.165, 1.54) is 18.2 Å². The number of carbonyl (C=O) groups excluding carboxylic acids is 1. The number of piperidine rings is 1.